The molecule has 0 bridgehead atoms. The number of halogens is 2. The SMILES string of the molecule is CCOc1cc([C@H]2C(C#N)=C(N)Oc3cc(O)ccc32)cc(Br)c1OCc1ccc(Br)cc1. The third-order valence-corrected chi connectivity index (χ3v) is 6.28. The van der Waals surface area contributed by atoms with Crippen molar-refractivity contribution in [3.05, 3.63) is 91.7 Å². The predicted octanol–water partition coefficient (Wildman–Crippen LogP) is 6.11. The van der Waals surface area contributed by atoms with Crippen LogP contribution < -0.4 is 19.9 Å². The number of hydrogen-bond donors (Lipinski definition) is 2. The third kappa shape index (κ3) is 4.80. The smallest absolute Gasteiger partial charge is 0.205 e. The number of ether oxygens (including phenoxy) is 3. The molecule has 6 nitrogen and oxygen atoms in total. The largest absolute Gasteiger partial charge is 0.508 e. The van der Waals surface area contributed by atoms with Gasteiger partial charge in [0.15, 0.2) is 11.5 Å². The van der Waals surface area contributed by atoms with Crippen molar-refractivity contribution in [1.82, 2.24) is 0 Å². The number of rotatable bonds is 6. The Morgan fingerprint density at radius 3 is 2.55 bits per heavy atom. The van der Waals surface area contributed by atoms with Crippen molar-refractivity contribution in [1.29, 1.82) is 5.26 Å². The second-order valence-electron chi connectivity index (χ2n) is 7.33. The number of benzene rings is 3. The van der Waals surface area contributed by atoms with Gasteiger partial charge >= 0.3 is 0 Å². The summed E-state index contributed by atoms with van der Waals surface area (Å²) >= 11 is 7.05. The Balaban J connectivity index is 1.75. The van der Waals surface area contributed by atoms with E-state index in [1.165, 1.54) is 6.07 Å². The number of nitriles is 1. The van der Waals surface area contributed by atoms with Crippen LogP contribution >= 0.6 is 31.9 Å². The molecule has 168 valence electrons. The minimum absolute atomic E-state index is 0.00486. The van der Waals surface area contributed by atoms with Crippen LogP contribution in [-0.4, -0.2) is 11.7 Å². The summed E-state index contributed by atoms with van der Waals surface area (Å²) < 4.78 is 19.3. The van der Waals surface area contributed by atoms with Gasteiger partial charge in [-0.3, -0.25) is 0 Å². The first-order valence-corrected chi connectivity index (χ1v) is 11.7. The molecule has 0 saturated heterocycles. The molecule has 0 aliphatic carbocycles. The number of phenols is 1. The number of fused-ring (bicyclic) bond motifs is 1. The Morgan fingerprint density at radius 2 is 1.85 bits per heavy atom. The molecule has 0 spiro atoms. The Kier molecular flexibility index (Phi) is 6.82. The Hall–Kier alpha value is -3.15. The fraction of sp³-hybridized carbons (Fsp3) is 0.160. The fourth-order valence-electron chi connectivity index (χ4n) is 3.68. The van der Waals surface area contributed by atoms with E-state index in [4.69, 9.17) is 19.9 Å². The second kappa shape index (κ2) is 9.77. The van der Waals surface area contributed by atoms with Crippen molar-refractivity contribution in [3.8, 4) is 29.1 Å². The maximum atomic E-state index is 9.87. The van der Waals surface area contributed by atoms with Crippen molar-refractivity contribution >= 4 is 31.9 Å². The molecular formula is C25H20Br2N2O4. The van der Waals surface area contributed by atoms with Gasteiger partial charge in [-0.25, -0.2) is 0 Å². The van der Waals surface area contributed by atoms with E-state index < -0.39 is 5.92 Å². The van der Waals surface area contributed by atoms with Gasteiger partial charge in [0, 0.05) is 16.1 Å². The third-order valence-electron chi connectivity index (χ3n) is 5.16. The van der Waals surface area contributed by atoms with Crippen LogP contribution in [0.3, 0.4) is 0 Å². The highest BCUT2D eigenvalue weighted by molar-refractivity contribution is 9.10. The van der Waals surface area contributed by atoms with E-state index in [1.54, 1.807) is 12.1 Å². The van der Waals surface area contributed by atoms with Gasteiger partial charge in [-0.1, -0.05) is 34.1 Å². The normalized spacial score (nSPS) is 14.8. The standard InChI is InChI=1S/C25H20Br2N2O4/c1-2-31-22-10-15(9-20(27)24(22)32-13-14-3-5-16(26)6-4-14)23-18-8-7-17(30)11-21(18)33-25(29)19(23)12-28/h3-11,23,30H,2,13,29H2,1H3/t23-/m1/s1. The summed E-state index contributed by atoms with van der Waals surface area (Å²) in [6.07, 6.45) is 0. The molecular weight excluding hydrogens is 552 g/mol. The first-order chi connectivity index (χ1) is 15.9. The summed E-state index contributed by atoms with van der Waals surface area (Å²) in [7, 11) is 0. The summed E-state index contributed by atoms with van der Waals surface area (Å²) in [5.74, 6) is 1.08. The average molecular weight is 572 g/mol. The molecule has 0 unspecified atom stereocenters. The quantitative estimate of drug-likeness (QED) is 0.370. The number of allylic oxidation sites excluding steroid dienone is 1. The van der Waals surface area contributed by atoms with Crippen molar-refractivity contribution in [3.63, 3.8) is 0 Å². The van der Waals surface area contributed by atoms with Gasteiger partial charge in [-0.15, -0.1) is 0 Å². The Labute approximate surface area is 208 Å². The lowest BCUT2D eigenvalue weighted by molar-refractivity contribution is 0.267. The van der Waals surface area contributed by atoms with E-state index in [0.717, 1.165) is 21.2 Å². The molecule has 3 N–H and O–H groups in total. The van der Waals surface area contributed by atoms with Gasteiger partial charge in [0.25, 0.3) is 0 Å². The van der Waals surface area contributed by atoms with E-state index in [9.17, 15) is 10.4 Å². The zero-order valence-corrected chi connectivity index (χ0v) is 20.8. The Bertz CT molecular complexity index is 1270. The predicted molar refractivity (Wildman–Crippen MR) is 131 cm³/mol. The van der Waals surface area contributed by atoms with Gasteiger partial charge < -0.3 is 25.1 Å². The summed E-state index contributed by atoms with van der Waals surface area (Å²) in [6.45, 7) is 2.69. The molecule has 0 aromatic heterocycles. The summed E-state index contributed by atoms with van der Waals surface area (Å²) in [4.78, 5) is 0. The summed E-state index contributed by atoms with van der Waals surface area (Å²) in [5, 5.41) is 19.7. The van der Waals surface area contributed by atoms with E-state index in [1.807, 2.05) is 43.3 Å². The lowest BCUT2D eigenvalue weighted by Gasteiger charge is -2.27. The lowest BCUT2D eigenvalue weighted by Crippen LogP contribution is -2.21. The van der Waals surface area contributed by atoms with Gasteiger partial charge in [0.05, 0.1) is 17.0 Å². The molecule has 0 radical (unpaired) electrons. The molecule has 1 atom stereocenters. The van der Waals surface area contributed by atoms with Crippen LogP contribution in [0.4, 0.5) is 0 Å². The van der Waals surface area contributed by atoms with Crippen molar-refractivity contribution in [2.45, 2.75) is 19.4 Å². The second-order valence-corrected chi connectivity index (χ2v) is 9.10. The molecule has 8 heteroatoms. The molecule has 4 rings (SSSR count). The highest BCUT2D eigenvalue weighted by atomic mass is 79.9. The van der Waals surface area contributed by atoms with E-state index in [2.05, 4.69) is 37.9 Å². The Morgan fingerprint density at radius 1 is 1.09 bits per heavy atom. The lowest BCUT2D eigenvalue weighted by atomic mass is 9.83. The van der Waals surface area contributed by atoms with Crippen LogP contribution in [0, 0.1) is 11.3 Å². The van der Waals surface area contributed by atoms with Crippen molar-refractivity contribution in [2.24, 2.45) is 5.73 Å². The van der Waals surface area contributed by atoms with Crippen LogP contribution in [-0.2, 0) is 6.61 Å². The monoisotopic (exact) mass is 570 g/mol. The summed E-state index contributed by atoms with van der Waals surface area (Å²) in [6, 6.07) is 18.6. The number of nitrogens with two attached hydrogens (primary N) is 1. The maximum Gasteiger partial charge on any atom is 0.205 e. The van der Waals surface area contributed by atoms with Crippen LogP contribution in [0.2, 0.25) is 0 Å². The number of hydrogen-bond acceptors (Lipinski definition) is 6. The molecule has 1 aliphatic rings. The van der Waals surface area contributed by atoms with Crippen molar-refractivity contribution in [2.75, 3.05) is 6.61 Å². The topological polar surface area (TPSA) is 97.7 Å². The molecule has 0 amide bonds. The maximum absolute atomic E-state index is 9.87. The molecule has 33 heavy (non-hydrogen) atoms. The molecule has 3 aromatic carbocycles. The molecule has 0 fully saturated rings. The molecule has 3 aromatic rings. The first-order valence-electron chi connectivity index (χ1n) is 10.1. The molecule has 0 saturated carbocycles. The van der Waals surface area contributed by atoms with Gasteiger partial charge in [-0.05, 0) is 64.3 Å². The number of aromatic hydroxyl groups is 1. The number of nitrogens with zero attached hydrogens (tertiary/aromatic N) is 1. The van der Waals surface area contributed by atoms with Gasteiger partial charge in [0.1, 0.15) is 29.7 Å². The number of phenolic OH excluding ortho intramolecular Hbond substituents is 1. The van der Waals surface area contributed by atoms with Crippen LogP contribution in [0.15, 0.2) is 75.0 Å². The molecule has 1 heterocycles. The van der Waals surface area contributed by atoms with E-state index in [0.29, 0.717) is 34.9 Å². The van der Waals surface area contributed by atoms with E-state index >= 15 is 0 Å². The zero-order chi connectivity index (χ0) is 23.5. The average Bonchev–Trinajstić information content (AvgIpc) is 2.78. The van der Waals surface area contributed by atoms with Gasteiger partial charge in [0.2, 0.25) is 5.88 Å². The highest BCUT2D eigenvalue weighted by Crippen LogP contribution is 2.47. The molecule has 1 aliphatic heterocycles. The van der Waals surface area contributed by atoms with Crippen LogP contribution in [0.25, 0.3) is 0 Å². The zero-order valence-electron chi connectivity index (χ0n) is 17.6. The summed E-state index contributed by atoms with van der Waals surface area (Å²) in [5.41, 5.74) is 8.84. The minimum Gasteiger partial charge on any atom is -0.508 e. The minimum atomic E-state index is -0.490. The van der Waals surface area contributed by atoms with Crippen molar-refractivity contribution < 1.29 is 19.3 Å². The first kappa shape index (κ1) is 23.0. The highest BCUT2D eigenvalue weighted by Gasteiger charge is 2.32. The van der Waals surface area contributed by atoms with E-state index in [-0.39, 0.29) is 17.2 Å². The van der Waals surface area contributed by atoms with Gasteiger partial charge in [-0.2, -0.15) is 5.26 Å². The van der Waals surface area contributed by atoms with Crippen LogP contribution in [0.5, 0.6) is 23.0 Å². The fourth-order valence-corrected chi connectivity index (χ4v) is 4.52. The van der Waals surface area contributed by atoms with Crippen LogP contribution in [0.1, 0.15) is 29.5 Å².